The summed E-state index contributed by atoms with van der Waals surface area (Å²) in [5, 5.41) is 0. The molecule has 2 amide bonds. The highest BCUT2D eigenvalue weighted by molar-refractivity contribution is 9.07. The number of nitrogens with one attached hydrogen (secondary N) is 1. The van der Waals surface area contributed by atoms with E-state index in [1.165, 1.54) is 4.90 Å². The zero-order valence-electron chi connectivity index (χ0n) is 14.8. The van der Waals surface area contributed by atoms with Crippen LogP contribution in [0.2, 0.25) is 0 Å². The van der Waals surface area contributed by atoms with Gasteiger partial charge in [-0.2, -0.15) is 0 Å². The first-order valence-corrected chi connectivity index (χ1v) is 8.80. The van der Waals surface area contributed by atoms with Crippen LogP contribution in [0, 0.1) is 0 Å². The highest BCUT2D eigenvalue weighted by Crippen LogP contribution is 2.28. The van der Waals surface area contributed by atoms with Crippen molar-refractivity contribution in [3.8, 4) is 0 Å². The van der Waals surface area contributed by atoms with E-state index < -0.39 is 0 Å². The van der Waals surface area contributed by atoms with Crippen molar-refractivity contribution in [3.05, 3.63) is 0 Å². The van der Waals surface area contributed by atoms with Crippen LogP contribution in [-0.4, -0.2) is 93.8 Å². The molecule has 0 radical (unpaired) electrons. The molecule has 1 atom stereocenters. The second-order valence-electron chi connectivity index (χ2n) is 6.47. The van der Waals surface area contributed by atoms with E-state index in [0.717, 1.165) is 26.2 Å². The van der Waals surface area contributed by atoms with Gasteiger partial charge < -0.3 is 24.0 Å². The Balaban J connectivity index is 2.05. The Morgan fingerprint density at radius 1 is 1.13 bits per heavy atom. The van der Waals surface area contributed by atoms with Crippen molar-refractivity contribution in [1.82, 2.24) is 8.83 Å². The molecule has 0 saturated carbocycles. The van der Waals surface area contributed by atoms with E-state index >= 15 is 0 Å². The van der Waals surface area contributed by atoms with Crippen LogP contribution in [0.5, 0.6) is 0 Å². The van der Waals surface area contributed by atoms with Gasteiger partial charge in [0.2, 0.25) is 0 Å². The van der Waals surface area contributed by atoms with Gasteiger partial charge in [0.25, 0.3) is 0 Å². The summed E-state index contributed by atoms with van der Waals surface area (Å²) >= 11 is 3.35. The summed E-state index contributed by atoms with van der Waals surface area (Å²) in [7, 11) is 3.78. The third kappa shape index (κ3) is 7.34. The second-order valence-corrected chi connectivity index (χ2v) is 7.18. The lowest BCUT2D eigenvalue weighted by Crippen LogP contribution is -3.10. The second kappa shape index (κ2) is 10.5. The van der Waals surface area contributed by atoms with Gasteiger partial charge in [0.15, 0.2) is 0 Å². The maximum atomic E-state index is 12.1. The quantitative estimate of drug-likeness (QED) is 0.372. The van der Waals surface area contributed by atoms with Gasteiger partial charge in [-0.3, -0.25) is 3.93 Å². The normalized spacial score (nSPS) is 18.7. The molecule has 1 rings (SSSR count). The fourth-order valence-corrected chi connectivity index (χ4v) is 2.65. The fourth-order valence-electron chi connectivity index (χ4n) is 2.32. The Morgan fingerprint density at radius 2 is 1.74 bits per heavy atom. The third-order valence-electron chi connectivity index (χ3n) is 3.83. The number of rotatable bonds is 12. The number of hydrogen-bond acceptors (Lipinski definition) is 4. The molecule has 0 spiro atoms. The molecule has 0 aliphatic carbocycles. The number of urea groups is 1. The Morgan fingerprint density at radius 3 is 2.30 bits per heavy atom. The summed E-state index contributed by atoms with van der Waals surface area (Å²) in [5.41, 5.74) is -0.156. The van der Waals surface area contributed by atoms with Crippen LogP contribution in [0.15, 0.2) is 0 Å². The first kappa shape index (κ1) is 20.6. The number of likely N-dealkylation sites (N-methyl/N-ethyl adjacent to an activating group) is 1. The number of methoxy groups -OCH3 is 1. The number of hydrogen-bond donors (Lipinski definition) is 1. The van der Waals surface area contributed by atoms with Gasteiger partial charge in [-0.05, 0) is 13.8 Å². The van der Waals surface area contributed by atoms with Gasteiger partial charge in [0.1, 0.15) is 6.54 Å². The molecule has 0 aromatic heterocycles. The molecule has 1 N–H and O–H groups in total. The molecule has 1 aliphatic heterocycles. The van der Waals surface area contributed by atoms with Crippen LogP contribution >= 0.6 is 16.1 Å². The van der Waals surface area contributed by atoms with Crippen LogP contribution in [0.4, 0.5) is 4.79 Å². The molecule has 0 aromatic rings. The van der Waals surface area contributed by atoms with Crippen molar-refractivity contribution in [2.75, 3.05) is 73.4 Å². The molecule has 23 heavy (non-hydrogen) atoms. The largest absolute Gasteiger partial charge is 0.382 e. The summed E-state index contributed by atoms with van der Waals surface area (Å²) in [6.45, 7) is 10.6. The molecular weight excluding hydrogens is 366 g/mol. The van der Waals surface area contributed by atoms with E-state index in [4.69, 9.17) is 14.2 Å². The molecule has 136 valence electrons. The van der Waals surface area contributed by atoms with Crippen LogP contribution < -0.4 is 4.90 Å². The Bertz CT molecular complexity index is 358. The average molecular weight is 397 g/mol. The van der Waals surface area contributed by atoms with Gasteiger partial charge in [0.05, 0.1) is 74.9 Å². The summed E-state index contributed by atoms with van der Waals surface area (Å²) < 4.78 is 17.4. The summed E-state index contributed by atoms with van der Waals surface area (Å²) in [5.74, 6) is 0. The molecular formula is C15H31BrN3O4+. The van der Waals surface area contributed by atoms with Gasteiger partial charge >= 0.3 is 6.03 Å². The molecule has 1 fully saturated rings. The molecule has 1 aliphatic rings. The summed E-state index contributed by atoms with van der Waals surface area (Å²) in [4.78, 5) is 15.3. The molecule has 0 bridgehead atoms. The number of halogens is 1. The highest BCUT2D eigenvalue weighted by atomic mass is 79.9. The minimum Gasteiger partial charge on any atom is -0.382 e. The van der Waals surface area contributed by atoms with Crippen molar-refractivity contribution in [1.29, 1.82) is 0 Å². The average Bonchev–Trinajstić information content (AvgIpc) is 2.71. The Labute approximate surface area is 148 Å². The van der Waals surface area contributed by atoms with Crippen molar-refractivity contribution in [3.63, 3.8) is 0 Å². The number of nitrogens with zero attached hydrogens (tertiary/aromatic N) is 2. The van der Waals surface area contributed by atoms with Crippen LogP contribution in [0.25, 0.3) is 0 Å². The van der Waals surface area contributed by atoms with Crippen LogP contribution in [0.1, 0.15) is 13.8 Å². The van der Waals surface area contributed by atoms with E-state index in [-0.39, 0.29) is 11.6 Å². The van der Waals surface area contributed by atoms with E-state index in [0.29, 0.717) is 33.0 Å². The van der Waals surface area contributed by atoms with Crippen molar-refractivity contribution < 1.29 is 23.9 Å². The lowest BCUT2D eigenvalue weighted by molar-refractivity contribution is -0.879. The van der Waals surface area contributed by atoms with E-state index in [9.17, 15) is 4.79 Å². The van der Waals surface area contributed by atoms with Crippen molar-refractivity contribution >= 4 is 22.2 Å². The predicted octanol–water partition coefficient (Wildman–Crippen LogP) is 0.00680. The SMILES string of the molecule is COCCOCCOCC[NH+](C)CCN1CC(C)(C)N(Br)C1=O. The van der Waals surface area contributed by atoms with Crippen molar-refractivity contribution in [2.45, 2.75) is 19.4 Å². The maximum Gasteiger partial charge on any atom is 0.330 e. The minimum absolute atomic E-state index is 0.0484. The van der Waals surface area contributed by atoms with Crippen molar-refractivity contribution in [2.24, 2.45) is 0 Å². The molecule has 0 aromatic carbocycles. The first-order chi connectivity index (χ1) is 10.9. The van der Waals surface area contributed by atoms with E-state index in [1.807, 2.05) is 4.90 Å². The zero-order valence-corrected chi connectivity index (χ0v) is 16.4. The van der Waals surface area contributed by atoms with E-state index in [2.05, 4.69) is 37.0 Å². The molecule has 1 heterocycles. The third-order valence-corrected chi connectivity index (χ3v) is 5.10. The standard InChI is InChI=1S/C15H30BrN3O4/c1-15(2)13-18(14(20)19(15)16)6-5-17(3)7-8-22-11-12-23-10-9-21-4/h5-13H2,1-4H3/p+1. The first-order valence-electron chi connectivity index (χ1n) is 8.09. The van der Waals surface area contributed by atoms with Gasteiger partial charge in [-0.25, -0.2) is 4.79 Å². The Hall–Kier alpha value is -0.410. The smallest absolute Gasteiger partial charge is 0.330 e. The van der Waals surface area contributed by atoms with Gasteiger partial charge in [-0.1, -0.05) is 0 Å². The number of carbonyl (C=O) groups is 1. The van der Waals surface area contributed by atoms with E-state index in [1.54, 1.807) is 11.0 Å². The Kier molecular flexibility index (Phi) is 9.38. The number of carbonyl (C=O) groups excluding carboxylic acids is 1. The van der Waals surface area contributed by atoms with Crippen LogP contribution in [0.3, 0.4) is 0 Å². The molecule has 1 unspecified atom stereocenters. The van der Waals surface area contributed by atoms with Crippen LogP contribution in [-0.2, 0) is 14.2 Å². The predicted molar refractivity (Wildman–Crippen MR) is 91.9 cm³/mol. The topological polar surface area (TPSA) is 55.7 Å². The zero-order chi connectivity index (χ0) is 17.3. The molecule has 1 saturated heterocycles. The number of quaternary nitrogens is 1. The lowest BCUT2D eigenvalue weighted by Gasteiger charge is -2.22. The summed E-state index contributed by atoms with van der Waals surface area (Å²) in [6, 6.07) is 0.0484. The molecule has 8 heteroatoms. The van der Waals surface area contributed by atoms with Gasteiger partial charge in [0, 0.05) is 13.7 Å². The minimum atomic E-state index is -0.156. The number of amides is 2. The highest BCUT2D eigenvalue weighted by Gasteiger charge is 2.42. The monoisotopic (exact) mass is 396 g/mol. The fraction of sp³-hybridized carbons (Fsp3) is 0.933. The summed E-state index contributed by atoms with van der Waals surface area (Å²) in [6.07, 6.45) is 0. The maximum absolute atomic E-state index is 12.1. The van der Waals surface area contributed by atoms with Gasteiger partial charge in [-0.15, -0.1) is 0 Å². The number of ether oxygens (including phenoxy) is 3. The lowest BCUT2D eigenvalue weighted by atomic mass is 10.1. The molecule has 7 nitrogen and oxygen atoms in total.